The highest BCUT2D eigenvalue weighted by molar-refractivity contribution is 5.96. The van der Waals surface area contributed by atoms with E-state index in [2.05, 4.69) is 26.1 Å². The monoisotopic (exact) mass is 376 g/mol. The summed E-state index contributed by atoms with van der Waals surface area (Å²) in [4.78, 5) is 26.5. The first-order valence-electron chi connectivity index (χ1n) is 9.78. The molecule has 1 aliphatic rings. The average Bonchev–Trinajstić information content (AvgIpc) is 2.66. The molecule has 0 aliphatic carbocycles. The Morgan fingerprint density at radius 1 is 1.26 bits per heavy atom. The maximum Gasteiger partial charge on any atom is 0.254 e. The van der Waals surface area contributed by atoms with E-state index >= 15 is 0 Å². The molecular weight excluding hydrogens is 344 g/mol. The maximum absolute atomic E-state index is 13.0. The Morgan fingerprint density at radius 2 is 1.96 bits per heavy atom. The molecule has 6 heteroatoms. The van der Waals surface area contributed by atoms with Gasteiger partial charge in [0.05, 0.1) is 12.2 Å². The number of methoxy groups -OCH3 is 1. The summed E-state index contributed by atoms with van der Waals surface area (Å²) in [6.07, 6.45) is 3.37. The first kappa shape index (κ1) is 21.4. The Balaban J connectivity index is 2.04. The van der Waals surface area contributed by atoms with Gasteiger partial charge in [0.1, 0.15) is 6.61 Å². The number of rotatable bonds is 8. The maximum atomic E-state index is 13.0. The van der Waals surface area contributed by atoms with Gasteiger partial charge >= 0.3 is 0 Å². The van der Waals surface area contributed by atoms with Crippen molar-refractivity contribution in [2.45, 2.75) is 52.2 Å². The number of unbranched alkanes of at least 4 members (excludes halogenated alkanes) is 1. The summed E-state index contributed by atoms with van der Waals surface area (Å²) >= 11 is 0. The summed E-state index contributed by atoms with van der Waals surface area (Å²) in [7, 11) is 1.47. The van der Waals surface area contributed by atoms with E-state index in [1.807, 2.05) is 4.90 Å². The number of amides is 2. The van der Waals surface area contributed by atoms with Crippen LogP contribution in [-0.4, -0.2) is 55.7 Å². The standard InChI is InChI=1S/C21H32N2O4/c1-5-6-7-18-12-23(13-19(27-18)15(2)3)21(25)16-8-10-17(11-9-16)22-20(24)14-26-4/h8-11,15,18-19H,5-7,12-14H2,1-4H3,(H,22,24)/t18-,19-/m1/s1. The van der Waals surface area contributed by atoms with Crippen LogP contribution in [0.4, 0.5) is 5.69 Å². The first-order valence-corrected chi connectivity index (χ1v) is 9.78. The molecule has 6 nitrogen and oxygen atoms in total. The van der Waals surface area contributed by atoms with Gasteiger partial charge in [-0.1, -0.05) is 33.6 Å². The molecule has 2 atom stereocenters. The van der Waals surface area contributed by atoms with Crippen LogP contribution in [0.1, 0.15) is 50.4 Å². The highest BCUT2D eigenvalue weighted by Crippen LogP contribution is 2.23. The van der Waals surface area contributed by atoms with E-state index in [0.29, 0.717) is 30.3 Å². The van der Waals surface area contributed by atoms with Crippen LogP contribution >= 0.6 is 0 Å². The van der Waals surface area contributed by atoms with Gasteiger partial charge in [-0.3, -0.25) is 9.59 Å². The van der Waals surface area contributed by atoms with Crippen molar-refractivity contribution in [1.82, 2.24) is 4.90 Å². The van der Waals surface area contributed by atoms with Gasteiger partial charge in [-0.05, 0) is 36.6 Å². The molecule has 0 aromatic heterocycles. The predicted octanol–water partition coefficient (Wildman–Crippen LogP) is 3.33. The van der Waals surface area contributed by atoms with E-state index in [0.717, 1.165) is 19.3 Å². The lowest BCUT2D eigenvalue weighted by Gasteiger charge is -2.40. The minimum atomic E-state index is -0.219. The van der Waals surface area contributed by atoms with Crippen LogP contribution in [0.25, 0.3) is 0 Å². The first-order chi connectivity index (χ1) is 12.9. The highest BCUT2D eigenvalue weighted by atomic mass is 16.5. The molecule has 0 saturated carbocycles. The minimum absolute atomic E-state index is 0.00417. The van der Waals surface area contributed by atoms with Crippen molar-refractivity contribution in [3.05, 3.63) is 29.8 Å². The number of benzene rings is 1. The summed E-state index contributed by atoms with van der Waals surface area (Å²) in [5.41, 5.74) is 1.27. The number of nitrogens with one attached hydrogen (secondary N) is 1. The Hall–Kier alpha value is -1.92. The van der Waals surface area contributed by atoms with E-state index in [1.165, 1.54) is 7.11 Å². The Kier molecular flexibility index (Phi) is 8.25. The van der Waals surface area contributed by atoms with Crippen molar-refractivity contribution in [2.75, 3.05) is 32.1 Å². The summed E-state index contributed by atoms with van der Waals surface area (Å²) in [5, 5.41) is 2.73. The van der Waals surface area contributed by atoms with Crippen LogP contribution in [0.5, 0.6) is 0 Å². The van der Waals surface area contributed by atoms with Gasteiger partial charge in [0.25, 0.3) is 5.91 Å². The van der Waals surface area contributed by atoms with Crippen molar-refractivity contribution in [1.29, 1.82) is 0 Å². The van der Waals surface area contributed by atoms with Crippen molar-refractivity contribution in [2.24, 2.45) is 5.92 Å². The van der Waals surface area contributed by atoms with Crippen LogP contribution in [-0.2, 0) is 14.3 Å². The molecule has 0 spiro atoms. The van der Waals surface area contributed by atoms with Gasteiger partial charge in [-0.25, -0.2) is 0 Å². The van der Waals surface area contributed by atoms with Crippen LogP contribution in [0.2, 0.25) is 0 Å². The zero-order chi connectivity index (χ0) is 19.8. The third kappa shape index (κ3) is 6.33. The molecule has 27 heavy (non-hydrogen) atoms. The molecule has 2 amide bonds. The molecule has 1 fully saturated rings. The van der Waals surface area contributed by atoms with Gasteiger partial charge in [-0.15, -0.1) is 0 Å². The van der Waals surface area contributed by atoms with E-state index < -0.39 is 0 Å². The fraction of sp³-hybridized carbons (Fsp3) is 0.619. The van der Waals surface area contributed by atoms with Crippen LogP contribution in [0, 0.1) is 5.92 Å². The molecular formula is C21H32N2O4. The van der Waals surface area contributed by atoms with Gasteiger partial charge in [0.2, 0.25) is 5.91 Å². The van der Waals surface area contributed by atoms with Gasteiger partial charge in [0, 0.05) is 31.5 Å². The number of carbonyl (C=O) groups excluding carboxylic acids is 2. The van der Waals surface area contributed by atoms with Gasteiger partial charge in [-0.2, -0.15) is 0 Å². The highest BCUT2D eigenvalue weighted by Gasteiger charge is 2.32. The van der Waals surface area contributed by atoms with E-state index in [4.69, 9.17) is 9.47 Å². The largest absolute Gasteiger partial charge is 0.375 e. The number of hydrogen-bond acceptors (Lipinski definition) is 4. The smallest absolute Gasteiger partial charge is 0.254 e. The number of ether oxygens (including phenoxy) is 2. The fourth-order valence-electron chi connectivity index (χ4n) is 3.20. The average molecular weight is 376 g/mol. The molecule has 0 radical (unpaired) electrons. The van der Waals surface area contributed by atoms with Crippen molar-refractivity contribution < 1.29 is 19.1 Å². The summed E-state index contributed by atoms with van der Waals surface area (Å²) in [5.74, 6) is 0.159. The van der Waals surface area contributed by atoms with E-state index in [9.17, 15) is 9.59 Å². The number of anilines is 1. The molecule has 1 N–H and O–H groups in total. The summed E-state index contributed by atoms with van der Waals surface area (Å²) in [6.45, 7) is 7.68. The third-order valence-electron chi connectivity index (χ3n) is 4.79. The zero-order valence-electron chi connectivity index (χ0n) is 16.9. The lowest BCUT2D eigenvalue weighted by Crippen LogP contribution is -2.51. The van der Waals surface area contributed by atoms with Crippen LogP contribution in [0.15, 0.2) is 24.3 Å². The quantitative estimate of drug-likeness (QED) is 0.756. The molecule has 2 rings (SSSR count). The molecule has 1 aliphatic heterocycles. The Morgan fingerprint density at radius 3 is 2.56 bits per heavy atom. The second-order valence-electron chi connectivity index (χ2n) is 7.45. The molecule has 0 bridgehead atoms. The summed E-state index contributed by atoms with van der Waals surface area (Å²) in [6, 6.07) is 7.00. The summed E-state index contributed by atoms with van der Waals surface area (Å²) < 4.78 is 11.0. The number of hydrogen-bond donors (Lipinski definition) is 1. The lowest BCUT2D eigenvalue weighted by atomic mass is 10.0. The second kappa shape index (κ2) is 10.4. The van der Waals surface area contributed by atoms with Crippen molar-refractivity contribution in [3.63, 3.8) is 0 Å². The van der Waals surface area contributed by atoms with Crippen LogP contribution < -0.4 is 5.32 Å². The van der Waals surface area contributed by atoms with E-state index in [-0.39, 0.29) is 30.6 Å². The number of nitrogens with zero attached hydrogens (tertiary/aromatic N) is 1. The van der Waals surface area contributed by atoms with Crippen molar-refractivity contribution >= 4 is 17.5 Å². The normalized spacial score (nSPS) is 20.0. The SMILES string of the molecule is CCCC[C@@H]1CN(C(=O)c2ccc(NC(=O)COC)cc2)C[C@H](C(C)C)O1. The van der Waals surface area contributed by atoms with Crippen LogP contribution in [0.3, 0.4) is 0 Å². The van der Waals surface area contributed by atoms with Gasteiger partial charge in [0.15, 0.2) is 0 Å². The van der Waals surface area contributed by atoms with Gasteiger partial charge < -0.3 is 19.7 Å². The Bertz CT molecular complexity index is 615. The molecule has 1 heterocycles. The fourth-order valence-corrected chi connectivity index (χ4v) is 3.20. The molecule has 1 aromatic carbocycles. The number of carbonyl (C=O) groups is 2. The molecule has 1 aromatic rings. The topological polar surface area (TPSA) is 67.9 Å². The molecule has 1 saturated heterocycles. The molecule has 0 unspecified atom stereocenters. The number of morpholine rings is 1. The zero-order valence-corrected chi connectivity index (χ0v) is 16.9. The minimum Gasteiger partial charge on any atom is -0.375 e. The second-order valence-corrected chi connectivity index (χ2v) is 7.45. The molecule has 150 valence electrons. The Labute approximate surface area is 162 Å². The lowest BCUT2D eigenvalue weighted by molar-refractivity contribution is -0.119. The third-order valence-corrected chi connectivity index (χ3v) is 4.79. The predicted molar refractivity (Wildman–Crippen MR) is 106 cm³/mol. The van der Waals surface area contributed by atoms with E-state index in [1.54, 1.807) is 24.3 Å². The van der Waals surface area contributed by atoms with Crippen molar-refractivity contribution in [3.8, 4) is 0 Å².